The zero-order valence-electron chi connectivity index (χ0n) is 13.7. The molecule has 132 valence electrons. The molecule has 1 heterocycles. The van der Waals surface area contributed by atoms with E-state index in [2.05, 4.69) is 5.32 Å². The van der Waals surface area contributed by atoms with Gasteiger partial charge in [0.25, 0.3) is 0 Å². The minimum atomic E-state index is -0.375. The van der Waals surface area contributed by atoms with Crippen molar-refractivity contribution in [2.24, 2.45) is 0 Å². The number of hydrogen-bond donors (Lipinski definition) is 1. The molecule has 1 aliphatic rings. The van der Waals surface area contributed by atoms with E-state index >= 15 is 0 Å². The van der Waals surface area contributed by atoms with Crippen molar-refractivity contribution in [2.45, 2.75) is 13.1 Å². The lowest BCUT2D eigenvalue weighted by atomic mass is 10.2. The van der Waals surface area contributed by atoms with E-state index in [-0.39, 0.29) is 31.6 Å². The van der Waals surface area contributed by atoms with Gasteiger partial charge in [-0.25, -0.2) is 4.39 Å². The zero-order chi connectivity index (χ0) is 17.8. The number of fused-ring (bicyclic) bond motifs is 1. The Kier molecular flexibility index (Phi) is 5.40. The summed E-state index contributed by atoms with van der Waals surface area (Å²) in [4.78, 5) is 13.8. The second-order valence-electron chi connectivity index (χ2n) is 5.84. The maximum absolute atomic E-state index is 13.8. The highest BCUT2D eigenvalue weighted by Crippen LogP contribution is 2.32. The molecule has 2 aromatic rings. The van der Waals surface area contributed by atoms with Crippen molar-refractivity contribution in [1.29, 1.82) is 0 Å². The van der Waals surface area contributed by atoms with E-state index in [4.69, 9.17) is 21.1 Å². The van der Waals surface area contributed by atoms with Gasteiger partial charge in [-0.15, -0.1) is 0 Å². The number of hydrogen-bond acceptors (Lipinski definition) is 4. The van der Waals surface area contributed by atoms with E-state index in [9.17, 15) is 9.18 Å². The summed E-state index contributed by atoms with van der Waals surface area (Å²) < 4.78 is 24.4. The number of nitrogens with zero attached hydrogens (tertiary/aromatic N) is 1. The van der Waals surface area contributed by atoms with Gasteiger partial charge in [0.1, 0.15) is 5.82 Å². The summed E-state index contributed by atoms with van der Waals surface area (Å²) in [5.74, 6) is 0.849. The van der Waals surface area contributed by atoms with Gasteiger partial charge in [-0.1, -0.05) is 23.7 Å². The molecule has 3 rings (SSSR count). The van der Waals surface area contributed by atoms with Crippen LogP contribution in [0.1, 0.15) is 11.1 Å². The summed E-state index contributed by atoms with van der Waals surface area (Å²) in [5, 5.41) is 3.19. The first kappa shape index (κ1) is 17.5. The fraction of sp³-hybridized carbons (Fsp3) is 0.278. The van der Waals surface area contributed by atoms with Crippen LogP contribution < -0.4 is 14.8 Å². The van der Waals surface area contributed by atoms with Crippen molar-refractivity contribution in [2.75, 3.05) is 20.4 Å². The Labute approximate surface area is 150 Å². The molecular formula is C18H18ClFN2O3. The standard InChI is InChI=1S/C18H18ClFN2O3/c1-22(9-13-14(19)3-2-4-15(13)20)10-18(23)21-8-12-5-6-16-17(7-12)25-11-24-16/h2-7H,8-11H2,1H3,(H,21,23). The third kappa shape index (κ3) is 4.41. The topological polar surface area (TPSA) is 50.8 Å². The highest BCUT2D eigenvalue weighted by molar-refractivity contribution is 6.31. The Morgan fingerprint density at radius 2 is 2.08 bits per heavy atom. The van der Waals surface area contributed by atoms with Gasteiger partial charge in [-0.3, -0.25) is 9.69 Å². The van der Waals surface area contributed by atoms with Crippen LogP contribution in [0.4, 0.5) is 4.39 Å². The quantitative estimate of drug-likeness (QED) is 0.856. The van der Waals surface area contributed by atoms with Gasteiger partial charge in [0.15, 0.2) is 11.5 Å². The minimum absolute atomic E-state index is 0.134. The predicted octanol–water partition coefficient (Wildman–Crippen LogP) is 2.96. The fourth-order valence-corrected chi connectivity index (χ4v) is 2.78. The van der Waals surface area contributed by atoms with Crippen molar-refractivity contribution in [3.8, 4) is 11.5 Å². The Hall–Kier alpha value is -2.31. The largest absolute Gasteiger partial charge is 0.454 e. The van der Waals surface area contributed by atoms with Gasteiger partial charge >= 0.3 is 0 Å². The fourth-order valence-electron chi connectivity index (χ4n) is 2.56. The van der Waals surface area contributed by atoms with Crippen LogP contribution in [0.25, 0.3) is 0 Å². The van der Waals surface area contributed by atoms with E-state index in [0.29, 0.717) is 28.6 Å². The molecular weight excluding hydrogens is 347 g/mol. The molecule has 0 radical (unpaired) electrons. The van der Waals surface area contributed by atoms with Crippen LogP contribution in [0.5, 0.6) is 11.5 Å². The normalized spacial score (nSPS) is 12.5. The molecule has 0 atom stereocenters. The monoisotopic (exact) mass is 364 g/mol. The summed E-state index contributed by atoms with van der Waals surface area (Å²) in [6.45, 7) is 0.983. The van der Waals surface area contributed by atoms with E-state index in [1.807, 2.05) is 18.2 Å². The number of amides is 1. The molecule has 0 spiro atoms. The molecule has 0 aliphatic carbocycles. The molecule has 0 saturated carbocycles. The highest BCUT2D eigenvalue weighted by atomic mass is 35.5. The average molecular weight is 365 g/mol. The van der Waals surface area contributed by atoms with Gasteiger partial charge in [0, 0.05) is 23.7 Å². The highest BCUT2D eigenvalue weighted by Gasteiger charge is 2.15. The lowest BCUT2D eigenvalue weighted by molar-refractivity contribution is -0.122. The second kappa shape index (κ2) is 7.72. The average Bonchev–Trinajstić information content (AvgIpc) is 3.04. The smallest absolute Gasteiger partial charge is 0.234 e. The molecule has 2 aromatic carbocycles. The van der Waals surface area contributed by atoms with E-state index < -0.39 is 0 Å². The predicted molar refractivity (Wildman–Crippen MR) is 92.2 cm³/mol. The molecule has 1 aliphatic heterocycles. The van der Waals surface area contributed by atoms with Gasteiger partial charge < -0.3 is 14.8 Å². The number of rotatable bonds is 6. The van der Waals surface area contributed by atoms with E-state index in [0.717, 1.165) is 5.56 Å². The van der Waals surface area contributed by atoms with Gasteiger partial charge in [0.05, 0.1) is 6.54 Å². The van der Waals surface area contributed by atoms with Crippen molar-refractivity contribution in [1.82, 2.24) is 10.2 Å². The maximum Gasteiger partial charge on any atom is 0.234 e. The number of halogens is 2. The van der Waals surface area contributed by atoms with Crippen molar-refractivity contribution >= 4 is 17.5 Å². The third-order valence-corrected chi connectivity index (χ3v) is 4.18. The molecule has 0 aromatic heterocycles. The van der Waals surface area contributed by atoms with Crippen molar-refractivity contribution in [3.63, 3.8) is 0 Å². The number of carbonyl (C=O) groups is 1. The first-order valence-corrected chi connectivity index (χ1v) is 8.17. The summed E-state index contributed by atoms with van der Waals surface area (Å²) in [7, 11) is 1.74. The Balaban J connectivity index is 1.50. The Morgan fingerprint density at radius 1 is 1.28 bits per heavy atom. The van der Waals surface area contributed by atoms with E-state index in [1.54, 1.807) is 24.1 Å². The molecule has 0 unspecified atom stereocenters. The van der Waals surface area contributed by atoms with Gasteiger partial charge in [-0.05, 0) is 36.9 Å². The van der Waals surface area contributed by atoms with Crippen LogP contribution >= 0.6 is 11.6 Å². The third-order valence-electron chi connectivity index (χ3n) is 3.83. The van der Waals surface area contributed by atoms with Crippen LogP contribution in [-0.4, -0.2) is 31.2 Å². The summed E-state index contributed by atoms with van der Waals surface area (Å²) >= 11 is 6.01. The molecule has 5 nitrogen and oxygen atoms in total. The van der Waals surface area contributed by atoms with Crippen LogP contribution in [0.3, 0.4) is 0 Å². The minimum Gasteiger partial charge on any atom is -0.454 e. The molecule has 1 amide bonds. The molecule has 25 heavy (non-hydrogen) atoms. The zero-order valence-corrected chi connectivity index (χ0v) is 14.5. The number of nitrogens with one attached hydrogen (secondary N) is 1. The van der Waals surface area contributed by atoms with Crippen LogP contribution in [0.2, 0.25) is 5.02 Å². The second-order valence-corrected chi connectivity index (χ2v) is 6.24. The number of benzene rings is 2. The molecule has 0 bridgehead atoms. The summed E-state index contributed by atoms with van der Waals surface area (Å²) in [5.41, 5.74) is 1.30. The summed E-state index contributed by atoms with van der Waals surface area (Å²) in [6.07, 6.45) is 0. The summed E-state index contributed by atoms with van der Waals surface area (Å²) in [6, 6.07) is 10.1. The number of carbonyl (C=O) groups excluding carboxylic acids is 1. The Morgan fingerprint density at radius 3 is 2.88 bits per heavy atom. The molecule has 7 heteroatoms. The van der Waals surface area contributed by atoms with Gasteiger partial charge in [0.2, 0.25) is 12.7 Å². The SMILES string of the molecule is CN(CC(=O)NCc1ccc2c(c1)OCO2)Cc1c(F)cccc1Cl. The first-order valence-electron chi connectivity index (χ1n) is 7.79. The van der Waals surface area contributed by atoms with Crippen LogP contribution in [0.15, 0.2) is 36.4 Å². The number of likely N-dealkylation sites (N-methyl/N-ethyl adjacent to an activating group) is 1. The molecule has 1 N–H and O–H groups in total. The van der Waals surface area contributed by atoms with Crippen LogP contribution in [0, 0.1) is 5.82 Å². The number of ether oxygens (including phenoxy) is 2. The maximum atomic E-state index is 13.8. The van der Waals surface area contributed by atoms with E-state index in [1.165, 1.54) is 6.07 Å². The Bertz CT molecular complexity index is 765. The van der Waals surface area contributed by atoms with Crippen molar-refractivity contribution in [3.05, 3.63) is 58.4 Å². The molecule has 0 saturated heterocycles. The molecule has 0 fully saturated rings. The lowest BCUT2D eigenvalue weighted by Crippen LogP contribution is -2.34. The first-order chi connectivity index (χ1) is 12.0. The van der Waals surface area contributed by atoms with Crippen LogP contribution in [-0.2, 0) is 17.9 Å². The van der Waals surface area contributed by atoms with Gasteiger partial charge in [-0.2, -0.15) is 0 Å². The lowest BCUT2D eigenvalue weighted by Gasteiger charge is -2.17. The van der Waals surface area contributed by atoms with Crippen molar-refractivity contribution < 1.29 is 18.7 Å².